The number of fused-ring (bicyclic) bond motifs is 1. The fourth-order valence-corrected chi connectivity index (χ4v) is 2.84. The summed E-state index contributed by atoms with van der Waals surface area (Å²) >= 11 is 0. The molecule has 3 heteroatoms. The topological polar surface area (TPSA) is 39.2 Å². The van der Waals surface area contributed by atoms with Gasteiger partial charge >= 0.3 is 0 Å². The quantitative estimate of drug-likeness (QED) is 0.826. The zero-order chi connectivity index (χ0) is 13.5. The second-order valence-electron chi connectivity index (χ2n) is 5.06. The number of ether oxygens (including phenoxy) is 1. The number of benzene rings is 1. The van der Waals surface area contributed by atoms with Crippen LogP contribution >= 0.6 is 0 Å². The molecule has 2 aromatic rings. The van der Waals surface area contributed by atoms with Gasteiger partial charge in [0.2, 0.25) is 0 Å². The van der Waals surface area contributed by atoms with E-state index in [9.17, 15) is 4.79 Å². The molecule has 0 fully saturated rings. The van der Waals surface area contributed by atoms with Crippen molar-refractivity contribution in [1.82, 2.24) is 4.98 Å². The van der Waals surface area contributed by atoms with E-state index in [1.54, 1.807) is 19.5 Å². The van der Waals surface area contributed by atoms with Crippen LogP contribution in [0.4, 0.5) is 0 Å². The molecule has 0 amide bonds. The molecule has 1 aliphatic carbocycles. The first-order valence-corrected chi connectivity index (χ1v) is 6.28. The second kappa shape index (κ2) is 4.19. The third-order valence-electron chi connectivity index (χ3n) is 3.95. The maximum absolute atomic E-state index is 12.7. The first-order valence-electron chi connectivity index (χ1n) is 6.28. The van der Waals surface area contributed by atoms with Gasteiger partial charge in [-0.1, -0.05) is 12.1 Å². The summed E-state index contributed by atoms with van der Waals surface area (Å²) in [4.78, 5) is 16.7. The van der Waals surface area contributed by atoms with Gasteiger partial charge in [-0.3, -0.25) is 9.78 Å². The Balaban J connectivity index is 2.13. The van der Waals surface area contributed by atoms with Crippen LogP contribution in [0.3, 0.4) is 0 Å². The fraction of sp³-hybridized carbons (Fsp3) is 0.250. The molecule has 0 radical (unpaired) electrons. The highest BCUT2D eigenvalue weighted by atomic mass is 16.5. The predicted molar refractivity (Wildman–Crippen MR) is 72.6 cm³/mol. The Bertz CT molecular complexity index is 636. The van der Waals surface area contributed by atoms with E-state index < -0.39 is 5.41 Å². The lowest BCUT2D eigenvalue weighted by Crippen LogP contribution is -2.29. The number of carbonyl (C=O) groups excluding carboxylic acids is 1. The van der Waals surface area contributed by atoms with Crippen molar-refractivity contribution in [3.63, 3.8) is 0 Å². The van der Waals surface area contributed by atoms with Crippen LogP contribution in [-0.2, 0) is 11.8 Å². The molecule has 1 unspecified atom stereocenters. The van der Waals surface area contributed by atoms with Crippen molar-refractivity contribution >= 4 is 5.78 Å². The van der Waals surface area contributed by atoms with Gasteiger partial charge in [-0.2, -0.15) is 0 Å². The van der Waals surface area contributed by atoms with E-state index in [2.05, 4.69) is 4.98 Å². The van der Waals surface area contributed by atoms with E-state index in [1.165, 1.54) is 0 Å². The van der Waals surface area contributed by atoms with Crippen LogP contribution in [0, 0.1) is 0 Å². The van der Waals surface area contributed by atoms with E-state index in [0.29, 0.717) is 6.42 Å². The van der Waals surface area contributed by atoms with Gasteiger partial charge in [0.15, 0.2) is 5.78 Å². The molecule has 3 nitrogen and oxygen atoms in total. The summed E-state index contributed by atoms with van der Waals surface area (Å²) < 4.78 is 5.37. The lowest BCUT2D eigenvalue weighted by atomic mass is 9.79. The molecular weight excluding hydrogens is 238 g/mol. The van der Waals surface area contributed by atoms with Crippen molar-refractivity contribution in [3.05, 3.63) is 59.4 Å². The molecule has 1 aliphatic rings. The maximum atomic E-state index is 12.7. The zero-order valence-corrected chi connectivity index (χ0v) is 11.0. The number of nitrogens with zero attached hydrogens (tertiary/aromatic N) is 1. The third-order valence-corrected chi connectivity index (χ3v) is 3.95. The Morgan fingerprint density at radius 3 is 2.63 bits per heavy atom. The molecule has 19 heavy (non-hydrogen) atoms. The molecule has 0 spiro atoms. The van der Waals surface area contributed by atoms with E-state index in [4.69, 9.17) is 4.74 Å². The summed E-state index contributed by atoms with van der Waals surface area (Å²) in [6, 6.07) is 9.48. The monoisotopic (exact) mass is 253 g/mol. The Kier molecular flexibility index (Phi) is 2.63. The van der Waals surface area contributed by atoms with Gasteiger partial charge in [0.25, 0.3) is 0 Å². The highest BCUT2D eigenvalue weighted by molar-refractivity contribution is 6.08. The Hall–Kier alpha value is -2.16. The predicted octanol–water partition coefficient (Wildman–Crippen LogP) is 2.79. The number of hydrogen-bond acceptors (Lipinski definition) is 3. The Morgan fingerprint density at radius 2 is 1.95 bits per heavy atom. The molecule has 0 saturated carbocycles. The largest absolute Gasteiger partial charge is 0.496 e. The lowest BCUT2D eigenvalue weighted by Gasteiger charge is -2.22. The highest BCUT2D eigenvalue weighted by Gasteiger charge is 2.44. The van der Waals surface area contributed by atoms with Crippen LogP contribution in [0.5, 0.6) is 5.75 Å². The molecule has 1 atom stereocenters. The highest BCUT2D eigenvalue weighted by Crippen LogP contribution is 2.42. The average Bonchev–Trinajstić information content (AvgIpc) is 2.73. The normalized spacial score (nSPS) is 21.3. The van der Waals surface area contributed by atoms with Crippen LogP contribution in [0.15, 0.2) is 42.7 Å². The number of methoxy groups -OCH3 is 1. The number of hydrogen-bond donors (Lipinski definition) is 0. The number of carbonyl (C=O) groups is 1. The number of Topliss-reactive ketones (excluding diaryl/α,β-unsaturated/α-hetero) is 1. The van der Waals surface area contributed by atoms with Crippen LogP contribution in [0.1, 0.15) is 28.4 Å². The molecule has 0 saturated heterocycles. The van der Waals surface area contributed by atoms with Crippen molar-refractivity contribution < 1.29 is 9.53 Å². The summed E-state index contributed by atoms with van der Waals surface area (Å²) in [5.41, 5.74) is 2.28. The number of ketones is 1. The van der Waals surface area contributed by atoms with Crippen molar-refractivity contribution in [2.75, 3.05) is 7.11 Å². The van der Waals surface area contributed by atoms with Gasteiger partial charge < -0.3 is 4.74 Å². The van der Waals surface area contributed by atoms with Crippen LogP contribution in [0.2, 0.25) is 0 Å². The molecular formula is C16H15NO2. The molecule has 0 bridgehead atoms. The van der Waals surface area contributed by atoms with Crippen LogP contribution < -0.4 is 4.74 Å². The average molecular weight is 253 g/mol. The van der Waals surface area contributed by atoms with Gasteiger partial charge in [-0.05, 0) is 37.1 Å². The molecule has 0 N–H and O–H groups in total. The molecule has 1 aromatic heterocycles. The van der Waals surface area contributed by atoms with Crippen molar-refractivity contribution in [2.45, 2.75) is 18.8 Å². The third kappa shape index (κ3) is 1.65. The minimum atomic E-state index is -0.514. The van der Waals surface area contributed by atoms with Gasteiger partial charge in [0.05, 0.1) is 12.5 Å². The first-order chi connectivity index (χ1) is 9.16. The Labute approximate surface area is 112 Å². The second-order valence-corrected chi connectivity index (χ2v) is 5.06. The first kappa shape index (κ1) is 11.9. The minimum Gasteiger partial charge on any atom is -0.496 e. The van der Waals surface area contributed by atoms with Crippen molar-refractivity contribution in [2.24, 2.45) is 0 Å². The zero-order valence-electron chi connectivity index (χ0n) is 11.0. The van der Waals surface area contributed by atoms with E-state index in [0.717, 1.165) is 22.4 Å². The molecule has 0 aliphatic heterocycles. The minimum absolute atomic E-state index is 0.160. The molecule has 3 rings (SSSR count). The number of rotatable bonds is 2. The molecule has 1 heterocycles. The lowest BCUT2D eigenvalue weighted by molar-refractivity contribution is 0.0915. The summed E-state index contributed by atoms with van der Waals surface area (Å²) in [5.74, 6) is 0.955. The van der Waals surface area contributed by atoms with Gasteiger partial charge in [0, 0.05) is 23.5 Å². The Morgan fingerprint density at radius 1 is 1.21 bits per heavy atom. The van der Waals surface area contributed by atoms with Gasteiger partial charge in [0.1, 0.15) is 5.75 Å². The van der Waals surface area contributed by atoms with Gasteiger partial charge in [-0.15, -0.1) is 0 Å². The SMILES string of the molecule is COc1cccc2c1CC(C)(c1ccncc1)C2=O. The summed E-state index contributed by atoms with van der Waals surface area (Å²) in [6.07, 6.45) is 4.14. The van der Waals surface area contributed by atoms with Crippen LogP contribution in [0.25, 0.3) is 0 Å². The molecule has 96 valence electrons. The van der Waals surface area contributed by atoms with E-state index in [1.807, 2.05) is 37.3 Å². The van der Waals surface area contributed by atoms with Crippen LogP contribution in [-0.4, -0.2) is 17.9 Å². The number of pyridine rings is 1. The standard InChI is InChI=1S/C16H15NO2/c1-16(11-6-8-17-9-7-11)10-13-12(15(16)18)4-3-5-14(13)19-2/h3-9H,10H2,1-2H3. The number of aromatic nitrogens is 1. The summed E-state index contributed by atoms with van der Waals surface area (Å²) in [5, 5.41) is 0. The fourth-order valence-electron chi connectivity index (χ4n) is 2.84. The summed E-state index contributed by atoms with van der Waals surface area (Å²) in [6.45, 7) is 1.99. The van der Waals surface area contributed by atoms with Crippen molar-refractivity contribution in [3.8, 4) is 5.75 Å². The maximum Gasteiger partial charge on any atom is 0.173 e. The van der Waals surface area contributed by atoms with Gasteiger partial charge in [-0.25, -0.2) is 0 Å². The smallest absolute Gasteiger partial charge is 0.173 e. The molecule has 1 aromatic carbocycles. The van der Waals surface area contributed by atoms with E-state index in [-0.39, 0.29) is 5.78 Å². The summed E-state index contributed by atoms with van der Waals surface area (Å²) in [7, 11) is 1.64. The van der Waals surface area contributed by atoms with E-state index >= 15 is 0 Å². The van der Waals surface area contributed by atoms with Crippen molar-refractivity contribution in [1.29, 1.82) is 0 Å².